The van der Waals surface area contributed by atoms with Gasteiger partial charge in [0.2, 0.25) is 5.91 Å². The highest BCUT2D eigenvalue weighted by Gasteiger charge is 2.11. The molecule has 0 aliphatic heterocycles. The normalized spacial score (nSPS) is 10.9. The first-order valence-electron chi connectivity index (χ1n) is 7.89. The van der Waals surface area contributed by atoms with Crippen LogP contribution in [0.25, 0.3) is 0 Å². The average molecular weight is 344 g/mol. The van der Waals surface area contributed by atoms with Crippen molar-refractivity contribution in [1.82, 2.24) is 5.43 Å². The number of nitrogens with zero attached hydrogens (tertiary/aromatic N) is 1. The van der Waals surface area contributed by atoms with Gasteiger partial charge in [-0.3, -0.25) is 4.79 Å². The van der Waals surface area contributed by atoms with Crippen LogP contribution in [-0.2, 0) is 11.2 Å². The molecule has 1 amide bonds. The van der Waals surface area contributed by atoms with E-state index in [9.17, 15) is 9.18 Å². The molecule has 0 fully saturated rings. The Labute approximate surface area is 146 Å². The monoisotopic (exact) mass is 344 g/mol. The first kappa shape index (κ1) is 18.4. The average Bonchev–Trinajstić information content (AvgIpc) is 2.58. The van der Waals surface area contributed by atoms with Crippen LogP contribution in [0.3, 0.4) is 0 Å². The number of hydrazone groups is 1. The number of halogens is 1. The van der Waals surface area contributed by atoms with Crippen LogP contribution in [0, 0.1) is 5.82 Å². The summed E-state index contributed by atoms with van der Waals surface area (Å²) in [5, 5.41) is 3.96. The van der Waals surface area contributed by atoms with Crippen LogP contribution in [0.15, 0.2) is 47.6 Å². The number of carbonyl (C=O) groups is 1. The van der Waals surface area contributed by atoms with Crippen LogP contribution < -0.4 is 14.9 Å². The third-order valence-corrected chi connectivity index (χ3v) is 3.25. The number of nitrogens with one attached hydrogen (secondary N) is 1. The van der Waals surface area contributed by atoms with E-state index >= 15 is 0 Å². The molecule has 0 saturated carbocycles. The largest absolute Gasteiger partial charge is 0.493 e. The van der Waals surface area contributed by atoms with Crippen LogP contribution in [-0.4, -0.2) is 25.3 Å². The van der Waals surface area contributed by atoms with E-state index in [4.69, 9.17) is 9.47 Å². The molecule has 5 nitrogen and oxygen atoms in total. The zero-order chi connectivity index (χ0) is 18.2. The predicted octanol–water partition coefficient (Wildman–Crippen LogP) is 3.31. The summed E-state index contributed by atoms with van der Waals surface area (Å²) >= 11 is 0. The molecule has 6 heteroatoms. The Morgan fingerprint density at radius 3 is 2.60 bits per heavy atom. The quantitative estimate of drug-likeness (QED) is 0.619. The first-order valence-corrected chi connectivity index (χ1v) is 7.89. The Bertz CT molecular complexity index is 743. The summed E-state index contributed by atoms with van der Waals surface area (Å²) in [5.74, 6) is 0.529. The molecule has 0 aliphatic rings. The number of hydrogen-bond acceptors (Lipinski definition) is 4. The second kappa shape index (κ2) is 8.82. The van der Waals surface area contributed by atoms with E-state index < -0.39 is 0 Å². The van der Waals surface area contributed by atoms with Crippen molar-refractivity contribution < 1.29 is 18.7 Å². The molecule has 2 aromatic rings. The van der Waals surface area contributed by atoms with Crippen molar-refractivity contribution in [3.63, 3.8) is 0 Å². The summed E-state index contributed by atoms with van der Waals surface area (Å²) in [6.07, 6.45) is 1.59. The summed E-state index contributed by atoms with van der Waals surface area (Å²) < 4.78 is 23.9. The molecule has 1 N–H and O–H groups in total. The summed E-state index contributed by atoms with van der Waals surface area (Å²) in [7, 11) is 1.56. The third-order valence-electron chi connectivity index (χ3n) is 3.25. The number of hydrogen-bond donors (Lipinski definition) is 1. The second-order valence-electron chi connectivity index (χ2n) is 5.64. The molecular weight excluding hydrogens is 323 g/mol. The molecule has 0 saturated heterocycles. The zero-order valence-corrected chi connectivity index (χ0v) is 14.5. The van der Waals surface area contributed by atoms with Crippen LogP contribution in [0.1, 0.15) is 25.0 Å². The van der Waals surface area contributed by atoms with Crippen molar-refractivity contribution >= 4 is 12.1 Å². The SMILES string of the molecule is COc1cccc(/C=N/NC(=O)Cc2ccc(F)cc2)c1OC(C)C. The highest BCUT2D eigenvalue weighted by molar-refractivity contribution is 5.86. The molecule has 25 heavy (non-hydrogen) atoms. The van der Waals surface area contributed by atoms with Gasteiger partial charge in [0.15, 0.2) is 11.5 Å². The van der Waals surface area contributed by atoms with Crippen LogP contribution in [0.2, 0.25) is 0 Å². The van der Waals surface area contributed by atoms with Gasteiger partial charge in [0.1, 0.15) is 5.82 Å². The third kappa shape index (κ3) is 5.60. The molecule has 0 bridgehead atoms. The van der Waals surface area contributed by atoms with Gasteiger partial charge < -0.3 is 9.47 Å². The predicted molar refractivity (Wildman–Crippen MR) is 94.6 cm³/mol. The first-order chi connectivity index (χ1) is 12.0. The number of ether oxygens (including phenoxy) is 2. The second-order valence-corrected chi connectivity index (χ2v) is 5.64. The van der Waals surface area contributed by atoms with Gasteiger partial charge >= 0.3 is 0 Å². The van der Waals surface area contributed by atoms with E-state index in [1.54, 1.807) is 25.3 Å². The molecule has 0 unspecified atom stereocenters. The fraction of sp³-hybridized carbons (Fsp3) is 0.263. The van der Waals surface area contributed by atoms with Crippen molar-refractivity contribution in [3.05, 3.63) is 59.4 Å². The molecule has 0 spiro atoms. The highest BCUT2D eigenvalue weighted by atomic mass is 19.1. The number of methoxy groups -OCH3 is 1. The summed E-state index contributed by atoms with van der Waals surface area (Å²) in [5.41, 5.74) is 3.85. The van der Waals surface area contributed by atoms with Crippen molar-refractivity contribution in [2.24, 2.45) is 5.10 Å². The van der Waals surface area contributed by atoms with Gasteiger partial charge in [0.05, 0.1) is 25.8 Å². The van der Waals surface area contributed by atoms with Crippen LogP contribution in [0.4, 0.5) is 4.39 Å². The molecular formula is C19H21FN2O3. The molecule has 132 valence electrons. The van der Waals surface area contributed by atoms with Gasteiger partial charge in [-0.15, -0.1) is 0 Å². The van der Waals surface area contributed by atoms with E-state index in [2.05, 4.69) is 10.5 Å². The maximum absolute atomic E-state index is 12.9. The number of para-hydroxylation sites is 1. The molecule has 2 aromatic carbocycles. The lowest BCUT2D eigenvalue weighted by molar-refractivity contribution is -0.120. The summed E-state index contributed by atoms with van der Waals surface area (Å²) in [6, 6.07) is 11.2. The smallest absolute Gasteiger partial charge is 0.244 e. The molecule has 0 radical (unpaired) electrons. The number of amides is 1. The van der Waals surface area contributed by atoms with Gasteiger partial charge in [-0.1, -0.05) is 18.2 Å². The van der Waals surface area contributed by atoms with E-state index in [0.29, 0.717) is 22.6 Å². The van der Waals surface area contributed by atoms with E-state index in [1.165, 1.54) is 18.3 Å². The molecule has 2 rings (SSSR count). The molecule has 0 aliphatic carbocycles. The number of carbonyl (C=O) groups excluding carboxylic acids is 1. The molecule has 0 aromatic heterocycles. The Balaban J connectivity index is 2.03. The van der Waals surface area contributed by atoms with Crippen molar-refractivity contribution in [2.45, 2.75) is 26.4 Å². The fourth-order valence-corrected chi connectivity index (χ4v) is 2.16. The minimum Gasteiger partial charge on any atom is -0.493 e. The molecule has 0 atom stereocenters. The lowest BCUT2D eigenvalue weighted by atomic mass is 10.1. The molecule has 0 heterocycles. The standard InChI is InChI=1S/C19H21FN2O3/c1-13(2)25-19-15(5-4-6-17(19)24-3)12-21-22-18(23)11-14-7-9-16(20)10-8-14/h4-10,12-13H,11H2,1-3H3,(H,22,23)/b21-12+. The van der Waals surface area contributed by atoms with E-state index in [1.807, 2.05) is 26.0 Å². The Morgan fingerprint density at radius 2 is 1.96 bits per heavy atom. The minimum atomic E-state index is -0.335. The van der Waals surface area contributed by atoms with Crippen LogP contribution in [0.5, 0.6) is 11.5 Å². The summed E-state index contributed by atoms with van der Waals surface area (Å²) in [6.45, 7) is 3.83. The van der Waals surface area contributed by atoms with Gasteiger partial charge in [-0.25, -0.2) is 9.82 Å². The van der Waals surface area contributed by atoms with Crippen molar-refractivity contribution in [3.8, 4) is 11.5 Å². The van der Waals surface area contributed by atoms with Crippen molar-refractivity contribution in [1.29, 1.82) is 0 Å². The zero-order valence-electron chi connectivity index (χ0n) is 14.5. The maximum atomic E-state index is 12.9. The maximum Gasteiger partial charge on any atom is 0.244 e. The highest BCUT2D eigenvalue weighted by Crippen LogP contribution is 2.30. The lowest BCUT2D eigenvalue weighted by Crippen LogP contribution is -2.19. The Kier molecular flexibility index (Phi) is 6.51. The fourth-order valence-electron chi connectivity index (χ4n) is 2.16. The van der Waals surface area contributed by atoms with Gasteiger partial charge in [-0.05, 0) is 43.7 Å². The topological polar surface area (TPSA) is 59.9 Å². The number of benzene rings is 2. The number of rotatable bonds is 7. The van der Waals surface area contributed by atoms with Gasteiger partial charge in [0, 0.05) is 5.56 Å². The van der Waals surface area contributed by atoms with E-state index in [0.717, 1.165) is 0 Å². The van der Waals surface area contributed by atoms with Crippen molar-refractivity contribution in [2.75, 3.05) is 7.11 Å². The van der Waals surface area contributed by atoms with Gasteiger partial charge in [0.25, 0.3) is 0 Å². The summed E-state index contributed by atoms with van der Waals surface area (Å²) in [4.78, 5) is 11.9. The minimum absolute atomic E-state index is 0.0310. The Morgan fingerprint density at radius 1 is 1.24 bits per heavy atom. The van der Waals surface area contributed by atoms with Gasteiger partial charge in [-0.2, -0.15) is 5.10 Å². The Hall–Kier alpha value is -2.89. The van der Waals surface area contributed by atoms with Crippen LogP contribution >= 0.6 is 0 Å². The van der Waals surface area contributed by atoms with E-state index in [-0.39, 0.29) is 24.2 Å². The lowest BCUT2D eigenvalue weighted by Gasteiger charge is -2.15.